The molecule has 0 amide bonds. The average Bonchev–Trinajstić information content (AvgIpc) is 3.83. The molecule has 0 unspecified atom stereocenters. The van der Waals surface area contributed by atoms with Gasteiger partial charge in [-0.05, 0) is 137 Å². The van der Waals surface area contributed by atoms with Crippen LogP contribution >= 0.6 is 0 Å². The molecule has 0 nitrogen and oxygen atoms in total. The lowest BCUT2D eigenvalue weighted by atomic mass is 9.63. The SMILES string of the molecule is Cc1ccc(C(C2=Cc3c(cccc3-c3cc(C(C)(C)C)cc(C(C)(C)C)c3)C2)(C2=Cc3c(cccc3-c3cc(C(C)(C)C)cc(C(C)(C)C)c3)C2)c2ccc(C)cc2)cc1. The van der Waals surface area contributed by atoms with E-state index in [1.165, 1.54) is 100 Å². The summed E-state index contributed by atoms with van der Waals surface area (Å²) in [7, 11) is 0. The summed E-state index contributed by atoms with van der Waals surface area (Å²) in [6, 6.07) is 47.7. The molecule has 0 heteroatoms. The van der Waals surface area contributed by atoms with Crippen molar-refractivity contribution in [3.63, 3.8) is 0 Å². The third-order valence-electron chi connectivity index (χ3n) is 13.7. The number of aryl methyl sites for hydroxylation is 2. The number of hydrogen-bond acceptors (Lipinski definition) is 0. The smallest absolute Gasteiger partial charge is 0.0613 e. The van der Waals surface area contributed by atoms with Crippen LogP contribution in [0.15, 0.2) is 132 Å². The highest BCUT2D eigenvalue weighted by Gasteiger charge is 2.45. The zero-order valence-corrected chi connectivity index (χ0v) is 39.6. The minimum absolute atomic E-state index is 0.0339. The highest BCUT2D eigenvalue weighted by Crippen LogP contribution is 2.54. The predicted octanol–water partition coefficient (Wildman–Crippen LogP) is 16.4. The molecule has 8 rings (SSSR count). The maximum atomic E-state index is 2.60. The van der Waals surface area contributed by atoms with Gasteiger partial charge in [-0.25, -0.2) is 0 Å². The van der Waals surface area contributed by atoms with Gasteiger partial charge in [-0.1, -0.05) is 228 Å². The zero-order valence-electron chi connectivity index (χ0n) is 39.6. The second kappa shape index (κ2) is 15.0. The van der Waals surface area contributed by atoms with Crippen molar-refractivity contribution in [1.82, 2.24) is 0 Å². The van der Waals surface area contributed by atoms with Crippen molar-refractivity contribution in [2.75, 3.05) is 0 Å². The molecule has 2 aliphatic rings. The van der Waals surface area contributed by atoms with E-state index in [4.69, 9.17) is 0 Å². The van der Waals surface area contributed by atoms with Crippen LogP contribution in [0.3, 0.4) is 0 Å². The van der Waals surface area contributed by atoms with Crippen LogP contribution in [0.25, 0.3) is 34.4 Å². The second-order valence-corrected chi connectivity index (χ2v) is 22.5. The molecule has 0 heterocycles. The van der Waals surface area contributed by atoms with E-state index in [-0.39, 0.29) is 21.7 Å². The van der Waals surface area contributed by atoms with Gasteiger partial charge in [-0.2, -0.15) is 0 Å². The van der Waals surface area contributed by atoms with Crippen molar-refractivity contribution in [3.8, 4) is 22.3 Å². The molecular weight excluding hydrogens is 733 g/mol. The molecule has 312 valence electrons. The number of rotatable bonds is 6. The van der Waals surface area contributed by atoms with E-state index in [2.05, 4.69) is 230 Å². The average molecular weight is 801 g/mol. The zero-order chi connectivity index (χ0) is 43.9. The number of fused-ring (bicyclic) bond motifs is 2. The van der Waals surface area contributed by atoms with Crippen molar-refractivity contribution in [1.29, 1.82) is 0 Å². The van der Waals surface area contributed by atoms with Crippen LogP contribution in [-0.2, 0) is 39.9 Å². The molecule has 6 aromatic rings. The van der Waals surface area contributed by atoms with Crippen LogP contribution in [0.1, 0.15) is 150 Å². The summed E-state index contributed by atoms with van der Waals surface area (Å²) in [5.41, 5.74) is 24.1. The first-order chi connectivity index (χ1) is 28.5. The molecule has 0 aromatic heterocycles. The van der Waals surface area contributed by atoms with E-state index in [0.29, 0.717) is 0 Å². The van der Waals surface area contributed by atoms with Crippen molar-refractivity contribution in [2.45, 2.75) is 137 Å². The lowest BCUT2D eigenvalue weighted by Crippen LogP contribution is -2.33. The van der Waals surface area contributed by atoms with Gasteiger partial charge in [-0.15, -0.1) is 0 Å². The molecule has 2 aliphatic carbocycles. The predicted molar refractivity (Wildman–Crippen MR) is 265 cm³/mol. The summed E-state index contributed by atoms with van der Waals surface area (Å²) in [6.07, 6.45) is 6.97. The Bertz CT molecular complexity index is 2440. The minimum Gasteiger partial charge on any atom is -0.0613 e. The molecule has 0 aliphatic heterocycles. The monoisotopic (exact) mass is 801 g/mol. The fourth-order valence-electron chi connectivity index (χ4n) is 9.74. The number of allylic oxidation sites excluding steroid dienone is 2. The summed E-state index contributed by atoms with van der Waals surface area (Å²) in [4.78, 5) is 0. The standard InChI is InChI=1S/C61H68/c1-39-21-25-45(26-22-39)61(46-27-23-40(2)24-28-46,51-29-41-17-15-19-53(55(41)37-51)43-31-47(57(3,4)5)35-48(32-43)58(6,7)8)52-30-42-18-16-20-54(56(42)38-52)44-33-49(59(9,10)11)36-50(34-44)60(12,13)14/h15-28,31-38H,29-30H2,1-14H3. The topological polar surface area (TPSA) is 0 Å². The van der Waals surface area contributed by atoms with Gasteiger partial charge in [-0.3, -0.25) is 0 Å². The second-order valence-electron chi connectivity index (χ2n) is 22.5. The van der Waals surface area contributed by atoms with Crippen molar-refractivity contribution in [3.05, 3.63) is 199 Å². The Hall–Kier alpha value is -5.20. The Morgan fingerprint density at radius 1 is 0.344 bits per heavy atom. The van der Waals surface area contributed by atoms with Crippen molar-refractivity contribution >= 4 is 12.2 Å². The lowest BCUT2D eigenvalue weighted by molar-refractivity contribution is 0.568. The van der Waals surface area contributed by atoms with E-state index in [1.807, 2.05) is 0 Å². The van der Waals surface area contributed by atoms with Gasteiger partial charge < -0.3 is 0 Å². The van der Waals surface area contributed by atoms with Crippen LogP contribution in [0.4, 0.5) is 0 Å². The maximum absolute atomic E-state index is 2.60. The van der Waals surface area contributed by atoms with Crippen LogP contribution in [-0.4, -0.2) is 0 Å². The quantitative estimate of drug-likeness (QED) is 0.157. The van der Waals surface area contributed by atoms with Crippen LogP contribution in [0.5, 0.6) is 0 Å². The summed E-state index contributed by atoms with van der Waals surface area (Å²) in [6.45, 7) is 32.5. The van der Waals surface area contributed by atoms with E-state index >= 15 is 0 Å². The molecule has 0 N–H and O–H groups in total. The summed E-state index contributed by atoms with van der Waals surface area (Å²) < 4.78 is 0. The summed E-state index contributed by atoms with van der Waals surface area (Å²) in [5, 5.41) is 0. The summed E-state index contributed by atoms with van der Waals surface area (Å²) in [5.74, 6) is 0. The molecule has 0 saturated heterocycles. The van der Waals surface area contributed by atoms with E-state index in [0.717, 1.165) is 12.8 Å². The Balaban J connectivity index is 1.39. The van der Waals surface area contributed by atoms with E-state index < -0.39 is 5.41 Å². The molecule has 6 aromatic carbocycles. The largest absolute Gasteiger partial charge is 0.0634 e. The normalized spacial score (nSPS) is 14.5. The Kier molecular flexibility index (Phi) is 10.5. The Labute approximate surface area is 368 Å². The van der Waals surface area contributed by atoms with Gasteiger partial charge in [0.05, 0.1) is 5.41 Å². The van der Waals surface area contributed by atoms with E-state index in [1.54, 1.807) is 0 Å². The molecule has 0 spiro atoms. The van der Waals surface area contributed by atoms with Gasteiger partial charge in [0.1, 0.15) is 0 Å². The van der Waals surface area contributed by atoms with Gasteiger partial charge >= 0.3 is 0 Å². The van der Waals surface area contributed by atoms with Crippen LogP contribution < -0.4 is 0 Å². The van der Waals surface area contributed by atoms with Gasteiger partial charge in [0.2, 0.25) is 0 Å². The first-order valence-corrected chi connectivity index (χ1v) is 22.7. The van der Waals surface area contributed by atoms with Crippen molar-refractivity contribution in [2.24, 2.45) is 0 Å². The van der Waals surface area contributed by atoms with Crippen LogP contribution in [0.2, 0.25) is 0 Å². The van der Waals surface area contributed by atoms with Gasteiger partial charge in [0.25, 0.3) is 0 Å². The first-order valence-electron chi connectivity index (χ1n) is 22.7. The third kappa shape index (κ3) is 7.93. The fourth-order valence-corrected chi connectivity index (χ4v) is 9.74. The molecule has 0 saturated carbocycles. The van der Waals surface area contributed by atoms with Crippen LogP contribution in [0, 0.1) is 13.8 Å². The molecule has 0 radical (unpaired) electrons. The first kappa shape index (κ1) is 42.5. The Morgan fingerprint density at radius 2 is 0.656 bits per heavy atom. The highest BCUT2D eigenvalue weighted by atomic mass is 14.5. The molecule has 0 fully saturated rings. The van der Waals surface area contributed by atoms with Crippen molar-refractivity contribution < 1.29 is 0 Å². The Morgan fingerprint density at radius 3 is 0.951 bits per heavy atom. The molecule has 61 heavy (non-hydrogen) atoms. The molecule has 0 atom stereocenters. The highest BCUT2D eigenvalue weighted by molar-refractivity contribution is 5.88. The van der Waals surface area contributed by atoms with E-state index in [9.17, 15) is 0 Å². The maximum Gasteiger partial charge on any atom is 0.0634 e. The minimum atomic E-state index is -0.484. The summed E-state index contributed by atoms with van der Waals surface area (Å²) >= 11 is 0. The van der Waals surface area contributed by atoms with Gasteiger partial charge in [0.15, 0.2) is 0 Å². The number of hydrogen-bond donors (Lipinski definition) is 0. The third-order valence-corrected chi connectivity index (χ3v) is 13.7. The fraction of sp³-hybridized carbons (Fsp3) is 0.344. The molecule has 0 bridgehead atoms. The lowest BCUT2D eigenvalue weighted by Gasteiger charge is -2.39. The number of benzene rings is 6. The molecular formula is C61H68. The van der Waals surface area contributed by atoms with Gasteiger partial charge in [0, 0.05) is 0 Å².